The molecule has 92 valence electrons. The van der Waals surface area contributed by atoms with Gasteiger partial charge in [-0.3, -0.25) is 4.99 Å². The van der Waals surface area contributed by atoms with Crippen LogP contribution in [0.3, 0.4) is 0 Å². The quantitative estimate of drug-likeness (QED) is 0.865. The Kier molecular flexibility index (Phi) is 4.56. The van der Waals surface area contributed by atoms with Gasteiger partial charge in [-0.05, 0) is 24.0 Å². The van der Waals surface area contributed by atoms with Crippen LogP contribution >= 0.6 is 0 Å². The van der Waals surface area contributed by atoms with E-state index < -0.39 is 0 Å². The molecule has 1 heterocycles. The van der Waals surface area contributed by atoms with Crippen LogP contribution in [0, 0.1) is 0 Å². The van der Waals surface area contributed by atoms with E-state index in [1.807, 2.05) is 0 Å². The molecule has 1 aromatic rings. The number of benzene rings is 1. The molecule has 0 amide bonds. The highest BCUT2D eigenvalue weighted by atomic mass is 16.5. The average molecular weight is 232 g/mol. The Morgan fingerprint density at radius 1 is 1.29 bits per heavy atom. The lowest BCUT2D eigenvalue weighted by Gasteiger charge is -2.14. The zero-order chi connectivity index (χ0) is 11.9. The highest BCUT2D eigenvalue weighted by Gasteiger charge is 2.04. The Morgan fingerprint density at radius 3 is 2.94 bits per heavy atom. The molecule has 0 bridgehead atoms. The van der Waals surface area contributed by atoms with Gasteiger partial charge in [0, 0.05) is 26.6 Å². The SMILES string of the molecule is COCc1cccc(CNC2=NCCCC2)c1. The van der Waals surface area contributed by atoms with Crippen molar-refractivity contribution in [3.63, 3.8) is 0 Å². The topological polar surface area (TPSA) is 33.6 Å². The molecule has 1 aromatic carbocycles. The summed E-state index contributed by atoms with van der Waals surface area (Å²) in [5, 5.41) is 3.42. The van der Waals surface area contributed by atoms with Gasteiger partial charge in [-0.15, -0.1) is 0 Å². The normalized spacial score (nSPS) is 15.5. The van der Waals surface area contributed by atoms with E-state index in [2.05, 4.69) is 34.6 Å². The fourth-order valence-electron chi connectivity index (χ4n) is 2.04. The first kappa shape index (κ1) is 12.1. The molecule has 0 fully saturated rings. The van der Waals surface area contributed by atoms with E-state index in [9.17, 15) is 0 Å². The van der Waals surface area contributed by atoms with Crippen molar-refractivity contribution in [2.45, 2.75) is 32.4 Å². The maximum Gasteiger partial charge on any atom is 0.0965 e. The van der Waals surface area contributed by atoms with Crippen LogP contribution in [0.5, 0.6) is 0 Å². The smallest absolute Gasteiger partial charge is 0.0965 e. The van der Waals surface area contributed by atoms with Gasteiger partial charge in [-0.2, -0.15) is 0 Å². The molecule has 1 aliphatic rings. The van der Waals surface area contributed by atoms with E-state index in [0.717, 1.165) is 25.3 Å². The lowest BCUT2D eigenvalue weighted by molar-refractivity contribution is 0.185. The monoisotopic (exact) mass is 232 g/mol. The molecular formula is C14H20N2O. The van der Waals surface area contributed by atoms with E-state index in [4.69, 9.17) is 4.74 Å². The highest BCUT2D eigenvalue weighted by Crippen LogP contribution is 2.08. The molecule has 3 nitrogen and oxygen atoms in total. The molecule has 0 saturated carbocycles. The minimum Gasteiger partial charge on any atom is -0.380 e. The Bertz CT molecular complexity index is 388. The number of aliphatic imine (C=N–C) groups is 1. The Hall–Kier alpha value is -1.35. The predicted molar refractivity (Wildman–Crippen MR) is 70.1 cm³/mol. The fourth-order valence-corrected chi connectivity index (χ4v) is 2.04. The summed E-state index contributed by atoms with van der Waals surface area (Å²) in [4.78, 5) is 4.48. The molecule has 0 unspecified atom stereocenters. The largest absolute Gasteiger partial charge is 0.380 e. The van der Waals surface area contributed by atoms with Gasteiger partial charge in [-0.25, -0.2) is 0 Å². The molecule has 17 heavy (non-hydrogen) atoms. The van der Waals surface area contributed by atoms with Crippen molar-refractivity contribution < 1.29 is 4.74 Å². The number of nitrogens with one attached hydrogen (secondary N) is 1. The third kappa shape index (κ3) is 3.86. The summed E-state index contributed by atoms with van der Waals surface area (Å²) in [6.07, 6.45) is 3.59. The maximum absolute atomic E-state index is 5.13. The zero-order valence-electron chi connectivity index (χ0n) is 10.4. The van der Waals surface area contributed by atoms with Crippen molar-refractivity contribution in [1.29, 1.82) is 0 Å². The number of rotatable bonds is 4. The molecular weight excluding hydrogens is 212 g/mol. The standard InChI is InChI=1S/C14H20N2O/c1-17-11-13-6-4-5-12(9-13)10-16-14-7-2-3-8-15-14/h4-6,9H,2-3,7-8,10-11H2,1H3,(H,15,16). The average Bonchev–Trinajstić information content (AvgIpc) is 2.39. The zero-order valence-corrected chi connectivity index (χ0v) is 10.4. The van der Waals surface area contributed by atoms with Crippen molar-refractivity contribution in [2.24, 2.45) is 4.99 Å². The summed E-state index contributed by atoms with van der Waals surface area (Å²) in [6, 6.07) is 8.48. The second-order valence-corrected chi connectivity index (χ2v) is 4.39. The predicted octanol–water partition coefficient (Wildman–Crippen LogP) is 2.51. The van der Waals surface area contributed by atoms with Crippen molar-refractivity contribution in [3.8, 4) is 0 Å². The summed E-state index contributed by atoms with van der Waals surface area (Å²) >= 11 is 0. The van der Waals surface area contributed by atoms with Crippen LogP contribution in [0.2, 0.25) is 0 Å². The van der Waals surface area contributed by atoms with E-state index in [0.29, 0.717) is 6.61 Å². The van der Waals surface area contributed by atoms with E-state index in [1.165, 1.54) is 24.0 Å². The second kappa shape index (κ2) is 6.40. The van der Waals surface area contributed by atoms with Crippen LogP contribution in [0.4, 0.5) is 0 Å². The molecule has 0 spiro atoms. The van der Waals surface area contributed by atoms with E-state index >= 15 is 0 Å². The van der Waals surface area contributed by atoms with Crippen LogP contribution < -0.4 is 5.32 Å². The van der Waals surface area contributed by atoms with Gasteiger partial charge < -0.3 is 10.1 Å². The molecule has 0 radical (unpaired) electrons. The lowest BCUT2D eigenvalue weighted by Crippen LogP contribution is -2.25. The number of nitrogens with zero attached hydrogens (tertiary/aromatic N) is 1. The Labute approximate surface area is 103 Å². The maximum atomic E-state index is 5.13. The van der Waals surface area contributed by atoms with Gasteiger partial charge in [0.25, 0.3) is 0 Å². The van der Waals surface area contributed by atoms with E-state index in [1.54, 1.807) is 7.11 Å². The van der Waals surface area contributed by atoms with Crippen molar-refractivity contribution >= 4 is 5.84 Å². The number of methoxy groups -OCH3 is 1. The van der Waals surface area contributed by atoms with Crippen LogP contribution in [0.25, 0.3) is 0 Å². The van der Waals surface area contributed by atoms with Crippen molar-refractivity contribution in [1.82, 2.24) is 5.32 Å². The van der Waals surface area contributed by atoms with Gasteiger partial charge in [0.05, 0.1) is 12.4 Å². The van der Waals surface area contributed by atoms with Crippen LogP contribution in [0.15, 0.2) is 29.3 Å². The van der Waals surface area contributed by atoms with Crippen molar-refractivity contribution in [3.05, 3.63) is 35.4 Å². The van der Waals surface area contributed by atoms with Gasteiger partial charge in [0.2, 0.25) is 0 Å². The highest BCUT2D eigenvalue weighted by molar-refractivity contribution is 5.82. The summed E-state index contributed by atoms with van der Waals surface area (Å²) in [5.74, 6) is 1.16. The summed E-state index contributed by atoms with van der Waals surface area (Å²) in [7, 11) is 1.72. The first-order valence-electron chi connectivity index (χ1n) is 6.22. The van der Waals surface area contributed by atoms with Crippen LogP contribution in [-0.2, 0) is 17.9 Å². The van der Waals surface area contributed by atoms with Crippen LogP contribution in [-0.4, -0.2) is 19.5 Å². The summed E-state index contributed by atoms with van der Waals surface area (Å²) in [5.41, 5.74) is 2.50. The molecule has 1 aliphatic heterocycles. The van der Waals surface area contributed by atoms with Crippen molar-refractivity contribution in [2.75, 3.05) is 13.7 Å². The molecule has 1 N–H and O–H groups in total. The second-order valence-electron chi connectivity index (χ2n) is 4.39. The lowest BCUT2D eigenvalue weighted by atomic mass is 10.1. The molecule has 3 heteroatoms. The molecule has 2 rings (SSSR count). The molecule has 0 aliphatic carbocycles. The molecule has 0 aromatic heterocycles. The van der Waals surface area contributed by atoms with Gasteiger partial charge in [0.15, 0.2) is 0 Å². The van der Waals surface area contributed by atoms with Gasteiger partial charge >= 0.3 is 0 Å². The summed E-state index contributed by atoms with van der Waals surface area (Å²) < 4.78 is 5.13. The van der Waals surface area contributed by atoms with E-state index in [-0.39, 0.29) is 0 Å². The third-order valence-electron chi connectivity index (χ3n) is 2.92. The minimum absolute atomic E-state index is 0.675. The number of hydrogen-bond donors (Lipinski definition) is 1. The number of hydrogen-bond acceptors (Lipinski definition) is 3. The first-order valence-corrected chi connectivity index (χ1v) is 6.22. The van der Waals surface area contributed by atoms with Gasteiger partial charge in [0.1, 0.15) is 0 Å². The van der Waals surface area contributed by atoms with Gasteiger partial charge in [-0.1, -0.05) is 24.3 Å². The number of amidine groups is 1. The fraction of sp³-hybridized carbons (Fsp3) is 0.500. The Balaban J connectivity index is 1.89. The van der Waals surface area contributed by atoms with Crippen LogP contribution in [0.1, 0.15) is 30.4 Å². The first-order chi connectivity index (χ1) is 8.38. The molecule has 0 saturated heterocycles. The molecule has 0 atom stereocenters. The summed E-state index contributed by atoms with van der Waals surface area (Å²) in [6.45, 7) is 2.51. The minimum atomic E-state index is 0.675. The number of ether oxygens (including phenoxy) is 1. The third-order valence-corrected chi connectivity index (χ3v) is 2.92. The Morgan fingerprint density at radius 2 is 2.18 bits per heavy atom.